The standard InChI is InChI=1S/C14H17N3O2S/c1-2-19-14(18)10-9-6-4-3-5-7-17(9)12-11(10)15-8-16-13(12)20/h8H,2-7H2,1H3,(H,15,16,20). The summed E-state index contributed by atoms with van der Waals surface area (Å²) in [6.07, 6.45) is 5.78. The number of hydrogen-bond acceptors (Lipinski definition) is 4. The van der Waals surface area contributed by atoms with Gasteiger partial charge in [0, 0.05) is 12.2 Å². The maximum Gasteiger partial charge on any atom is 0.342 e. The van der Waals surface area contributed by atoms with Gasteiger partial charge in [-0.05, 0) is 26.2 Å². The fraction of sp³-hybridized carbons (Fsp3) is 0.500. The summed E-state index contributed by atoms with van der Waals surface area (Å²) >= 11 is 5.34. The molecule has 0 aromatic carbocycles. The molecule has 2 aromatic heterocycles. The molecule has 0 amide bonds. The minimum atomic E-state index is -0.273. The van der Waals surface area contributed by atoms with Gasteiger partial charge in [-0.3, -0.25) is 0 Å². The summed E-state index contributed by atoms with van der Waals surface area (Å²) in [5, 5.41) is 0. The molecule has 5 nitrogen and oxygen atoms in total. The molecule has 0 aliphatic carbocycles. The number of ether oxygens (including phenoxy) is 1. The lowest BCUT2D eigenvalue weighted by atomic mass is 10.1. The summed E-state index contributed by atoms with van der Waals surface area (Å²) in [6, 6.07) is 0. The van der Waals surface area contributed by atoms with Crippen molar-refractivity contribution in [1.82, 2.24) is 14.5 Å². The Morgan fingerprint density at radius 2 is 2.35 bits per heavy atom. The second-order valence-corrected chi connectivity index (χ2v) is 5.32. The van der Waals surface area contributed by atoms with Crippen molar-refractivity contribution in [2.45, 2.75) is 39.2 Å². The van der Waals surface area contributed by atoms with Crippen LogP contribution in [-0.2, 0) is 17.7 Å². The van der Waals surface area contributed by atoms with E-state index in [0.717, 1.165) is 42.5 Å². The molecule has 106 valence electrons. The van der Waals surface area contributed by atoms with Gasteiger partial charge in [0.1, 0.15) is 11.1 Å². The van der Waals surface area contributed by atoms with Crippen molar-refractivity contribution in [3.63, 3.8) is 0 Å². The van der Waals surface area contributed by atoms with E-state index in [1.807, 2.05) is 6.92 Å². The highest BCUT2D eigenvalue weighted by Gasteiger charge is 2.25. The highest BCUT2D eigenvalue weighted by atomic mass is 32.1. The summed E-state index contributed by atoms with van der Waals surface area (Å²) < 4.78 is 7.91. The van der Waals surface area contributed by atoms with Crippen LogP contribution in [-0.4, -0.2) is 27.1 Å². The highest BCUT2D eigenvalue weighted by Crippen LogP contribution is 2.29. The molecule has 0 radical (unpaired) electrons. The minimum Gasteiger partial charge on any atom is -0.462 e. The third-order valence-electron chi connectivity index (χ3n) is 3.74. The molecule has 0 atom stereocenters. The van der Waals surface area contributed by atoms with Crippen LogP contribution in [0.25, 0.3) is 11.0 Å². The van der Waals surface area contributed by atoms with Crippen LogP contribution >= 0.6 is 12.2 Å². The third kappa shape index (κ3) is 2.04. The van der Waals surface area contributed by atoms with Crippen LogP contribution in [0.15, 0.2) is 6.33 Å². The minimum absolute atomic E-state index is 0.273. The van der Waals surface area contributed by atoms with Crippen molar-refractivity contribution < 1.29 is 9.53 Å². The van der Waals surface area contributed by atoms with E-state index >= 15 is 0 Å². The van der Waals surface area contributed by atoms with Crippen LogP contribution in [0.5, 0.6) is 0 Å². The van der Waals surface area contributed by atoms with E-state index in [-0.39, 0.29) is 5.97 Å². The zero-order valence-electron chi connectivity index (χ0n) is 11.4. The van der Waals surface area contributed by atoms with Crippen molar-refractivity contribution in [1.29, 1.82) is 0 Å². The molecule has 0 unspecified atom stereocenters. The van der Waals surface area contributed by atoms with Gasteiger partial charge >= 0.3 is 5.97 Å². The molecule has 1 aliphatic heterocycles. The lowest BCUT2D eigenvalue weighted by molar-refractivity contribution is 0.0527. The Bertz CT molecular complexity index is 717. The van der Waals surface area contributed by atoms with E-state index in [4.69, 9.17) is 17.0 Å². The third-order valence-corrected chi connectivity index (χ3v) is 4.04. The molecule has 1 aliphatic rings. The molecule has 3 rings (SSSR count). The average Bonchev–Trinajstić information content (AvgIpc) is 2.58. The van der Waals surface area contributed by atoms with Crippen molar-refractivity contribution in [2.24, 2.45) is 0 Å². The van der Waals surface area contributed by atoms with Crippen LogP contribution in [0.3, 0.4) is 0 Å². The van der Waals surface area contributed by atoms with E-state index in [0.29, 0.717) is 16.8 Å². The Morgan fingerprint density at radius 3 is 3.15 bits per heavy atom. The SMILES string of the molecule is CCOC(=O)c1c2n(c3c(=S)nc[nH]c13)CCCCC2. The van der Waals surface area contributed by atoms with Gasteiger partial charge in [-0.2, -0.15) is 0 Å². The van der Waals surface area contributed by atoms with Crippen molar-refractivity contribution in [3.8, 4) is 0 Å². The first-order valence-corrected chi connectivity index (χ1v) is 7.40. The van der Waals surface area contributed by atoms with Gasteiger partial charge in [-0.1, -0.05) is 18.6 Å². The molecular formula is C14H17N3O2S. The number of nitrogens with zero attached hydrogens (tertiary/aromatic N) is 2. The highest BCUT2D eigenvalue weighted by molar-refractivity contribution is 7.71. The van der Waals surface area contributed by atoms with Crippen molar-refractivity contribution >= 4 is 29.2 Å². The number of rotatable bonds is 2. The summed E-state index contributed by atoms with van der Waals surface area (Å²) in [4.78, 5) is 19.5. The predicted molar refractivity (Wildman–Crippen MR) is 78.4 cm³/mol. The molecule has 1 N–H and O–H groups in total. The number of carbonyl (C=O) groups is 1. The zero-order valence-corrected chi connectivity index (χ0v) is 12.3. The Balaban J connectivity index is 2.32. The summed E-state index contributed by atoms with van der Waals surface area (Å²) in [6.45, 7) is 3.07. The van der Waals surface area contributed by atoms with Crippen molar-refractivity contribution in [3.05, 3.63) is 22.2 Å². The van der Waals surface area contributed by atoms with E-state index in [1.165, 1.54) is 6.42 Å². The van der Waals surface area contributed by atoms with Crippen LogP contribution in [0.2, 0.25) is 0 Å². The molecule has 0 spiro atoms. The van der Waals surface area contributed by atoms with E-state index in [9.17, 15) is 4.79 Å². The van der Waals surface area contributed by atoms with Crippen LogP contribution in [0.4, 0.5) is 0 Å². The lowest BCUT2D eigenvalue weighted by Crippen LogP contribution is -2.09. The number of nitrogens with one attached hydrogen (secondary N) is 1. The van der Waals surface area contributed by atoms with Crippen molar-refractivity contribution in [2.75, 3.05) is 6.61 Å². The maximum absolute atomic E-state index is 12.3. The molecule has 0 saturated heterocycles. The van der Waals surface area contributed by atoms with Gasteiger partial charge < -0.3 is 14.3 Å². The summed E-state index contributed by atoms with van der Waals surface area (Å²) in [5.74, 6) is -0.273. The molecule has 0 fully saturated rings. The molecule has 2 aromatic rings. The van der Waals surface area contributed by atoms with E-state index in [1.54, 1.807) is 6.33 Å². The first-order valence-electron chi connectivity index (χ1n) is 7.00. The maximum atomic E-state index is 12.3. The second kappa shape index (κ2) is 5.36. The molecule has 0 bridgehead atoms. The van der Waals surface area contributed by atoms with Gasteiger partial charge in [0.2, 0.25) is 0 Å². The van der Waals surface area contributed by atoms with E-state index in [2.05, 4.69) is 14.5 Å². The Hall–Kier alpha value is -1.69. The van der Waals surface area contributed by atoms with Crippen LogP contribution < -0.4 is 0 Å². The fourth-order valence-electron chi connectivity index (χ4n) is 2.92. The lowest BCUT2D eigenvalue weighted by Gasteiger charge is -2.06. The Kier molecular flexibility index (Phi) is 3.56. The topological polar surface area (TPSA) is 59.9 Å². The number of H-pyrrole nitrogens is 1. The van der Waals surface area contributed by atoms with E-state index < -0.39 is 0 Å². The number of fused-ring (bicyclic) bond motifs is 3. The summed E-state index contributed by atoms with van der Waals surface area (Å²) in [7, 11) is 0. The number of carbonyl (C=O) groups excluding carboxylic acids is 1. The van der Waals surface area contributed by atoms with Gasteiger partial charge in [0.15, 0.2) is 4.64 Å². The monoisotopic (exact) mass is 291 g/mol. The fourth-order valence-corrected chi connectivity index (χ4v) is 3.18. The summed E-state index contributed by atoms with van der Waals surface area (Å²) in [5.41, 5.74) is 3.30. The largest absolute Gasteiger partial charge is 0.462 e. The number of aromatic amines is 1. The first-order chi connectivity index (χ1) is 9.74. The smallest absolute Gasteiger partial charge is 0.342 e. The van der Waals surface area contributed by atoms with Crippen LogP contribution in [0.1, 0.15) is 42.2 Å². The predicted octanol–water partition coefficient (Wildman–Crippen LogP) is 3.00. The van der Waals surface area contributed by atoms with Gasteiger partial charge in [0.25, 0.3) is 0 Å². The average molecular weight is 291 g/mol. The van der Waals surface area contributed by atoms with Gasteiger partial charge in [-0.25, -0.2) is 9.78 Å². The number of aromatic nitrogens is 3. The normalized spacial score (nSPS) is 14.8. The zero-order chi connectivity index (χ0) is 14.1. The van der Waals surface area contributed by atoms with Gasteiger partial charge in [0.05, 0.1) is 18.5 Å². The molecule has 0 saturated carbocycles. The molecule has 3 heterocycles. The van der Waals surface area contributed by atoms with Gasteiger partial charge in [-0.15, -0.1) is 0 Å². The number of esters is 1. The number of aryl methyl sites for hydroxylation is 1. The molecular weight excluding hydrogens is 274 g/mol. The number of hydrogen-bond donors (Lipinski definition) is 1. The quantitative estimate of drug-likeness (QED) is 0.682. The Morgan fingerprint density at radius 1 is 1.50 bits per heavy atom. The Labute approximate surface area is 122 Å². The molecule has 20 heavy (non-hydrogen) atoms. The van der Waals surface area contributed by atoms with Crippen LogP contribution in [0, 0.1) is 4.64 Å². The molecule has 6 heteroatoms. The second-order valence-electron chi connectivity index (χ2n) is 4.94. The first kappa shape index (κ1) is 13.3.